The summed E-state index contributed by atoms with van der Waals surface area (Å²) in [6, 6.07) is 4.41. The Labute approximate surface area is 124 Å². The summed E-state index contributed by atoms with van der Waals surface area (Å²) in [6.45, 7) is 1.68. The number of anilines is 1. The number of halogens is 1. The molecule has 0 heterocycles. The summed E-state index contributed by atoms with van der Waals surface area (Å²) < 4.78 is 14.0. The van der Waals surface area contributed by atoms with Crippen molar-refractivity contribution in [1.29, 1.82) is 0 Å². The fraction of sp³-hybridized carbons (Fsp3) is 0.471. The highest BCUT2D eigenvalue weighted by atomic mass is 19.1. The topological polar surface area (TPSA) is 49.3 Å². The van der Waals surface area contributed by atoms with Gasteiger partial charge in [-0.15, -0.1) is 0 Å². The Morgan fingerprint density at radius 3 is 2.71 bits per heavy atom. The third-order valence-corrected chi connectivity index (χ3v) is 4.03. The number of rotatable bonds is 2. The van der Waals surface area contributed by atoms with Gasteiger partial charge in [-0.3, -0.25) is 4.79 Å². The van der Waals surface area contributed by atoms with Gasteiger partial charge < -0.3 is 10.4 Å². The van der Waals surface area contributed by atoms with E-state index in [1.165, 1.54) is 12.1 Å². The van der Waals surface area contributed by atoms with Gasteiger partial charge >= 0.3 is 0 Å². The smallest absolute Gasteiger partial charge is 0.230 e. The molecule has 0 bridgehead atoms. The molecule has 2 N–H and O–H groups in total. The first-order valence-electron chi connectivity index (χ1n) is 7.26. The fourth-order valence-electron chi connectivity index (χ4n) is 2.67. The van der Waals surface area contributed by atoms with E-state index >= 15 is 0 Å². The monoisotopic (exact) mass is 289 g/mol. The minimum atomic E-state index is -0.507. The Balaban J connectivity index is 2.10. The molecule has 1 aliphatic carbocycles. The standard InChI is InChI=1S/C17H20FNO2/c1-17(9-3-2-4-10-17)16(21)19-15-8-7-13(6-5-11-20)12-14(15)18/h7-8,12,20H,2-4,9-11H2,1H3,(H,19,21). The average Bonchev–Trinajstić information content (AvgIpc) is 2.48. The molecule has 1 amide bonds. The number of carbonyl (C=O) groups is 1. The highest BCUT2D eigenvalue weighted by molar-refractivity contribution is 5.95. The van der Waals surface area contributed by atoms with E-state index in [1.807, 2.05) is 6.92 Å². The van der Waals surface area contributed by atoms with Crippen LogP contribution in [0.4, 0.5) is 10.1 Å². The number of aliphatic hydroxyl groups is 1. The van der Waals surface area contributed by atoms with E-state index in [4.69, 9.17) is 5.11 Å². The largest absolute Gasteiger partial charge is 0.384 e. The Kier molecular flexibility index (Phi) is 4.98. The zero-order valence-corrected chi connectivity index (χ0v) is 12.2. The molecule has 1 aromatic carbocycles. The van der Waals surface area contributed by atoms with E-state index in [1.54, 1.807) is 6.07 Å². The van der Waals surface area contributed by atoms with Crippen LogP contribution in [0.25, 0.3) is 0 Å². The second-order valence-electron chi connectivity index (χ2n) is 5.73. The molecule has 3 nitrogen and oxygen atoms in total. The molecule has 2 rings (SSSR count). The Morgan fingerprint density at radius 2 is 2.10 bits per heavy atom. The molecule has 0 spiro atoms. The fourth-order valence-corrected chi connectivity index (χ4v) is 2.67. The van der Waals surface area contributed by atoms with Crippen molar-refractivity contribution in [1.82, 2.24) is 0 Å². The number of benzene rings is 1. The van der Waals surface area contributed by atoms with Gasteiger partial charge in [0.15, 0.2) is 0 Å². The van der Waals surface area contributed by atoms with Crippen molar-refractivity contribution in [3.63, 3.8) is 0 Å². The Morgan fingerprint density at radius 1 is 1.38 bits per heavy atom. The van der Waals surface area contributed by atoms with Crippen LogP contribution in [0.15, 0.2) is 18.2 Å². The molecule has 0 aromatic heterocycles. The third-order valence-electron chi connectivity index (χ3n) is 4.03. The van der Waals surface area contributed by atoms with Crippen LogP contribution in [-0.4, -0.2) is 17.6 Å². The molecule has 21 heavy (non-hydrogen) atoms. The summed E-state index contributed by atoms with van der Waals surface area (Å²) in [4.78, 5) is 12.4. The van der Waals surface area contributed by atoms with Gasteiger partial charge in [0.25, 0.3) is 0 Å². The lowest BCUT2D eigenvalue weighted by Gasteiger charge is -2.32. The lowest BCUT2D eigenvalue weighted by molar-refractivity contribution is -0.126. The maximum atomic E-state index is 14.0. The van der Waals surface area contributed by atoms with Gasteiger partial charge in [0, 0.05) is 11.0 Å². The van der Waals surface area contributed by atoms with Crippen molar-refractivity contribution in [3.05, 3.63) is 29.6 Å². The van der Waals surface area contributed by atoms with Crippen LogP contribution in [0.3, 0.4) is 0 Å². The van der Waals surface area contributed by atoms with E-state index in [0.717, 1.165) is 32.1 Å². The molecule has 0 saturated heterocycles. The lowest BCUT2D eigenvalue weighted by atomic mass is 9.75. The predicted octanol–water partition coefficient (Wildman–Crippen LogP) is 3.08. The SMILES string of the molecule is CC1(C(=O)Nc2ccc(C#CCO)cc2F)CCCCC1. The Bertz CT molecular complexity index is 580. The van der Waals surface area contributed by atoms with Crippen molar-refractivity contribution >= 4 is 11.6 Å². The third kappa shape index (κ3) is 3.83. The van der Waals surface area contributed by atoms with Gasteiger partial charge in [-0.2, -0.15) is 0 Å². The quantitative estimate of drug-likeness (QED) is 0.822. The number of amides is 1. The molecule has 1 aliphatic rings. The van der Waals surface area contributed by atoms with Crippen molar-refractivity contribution in [2.45, 2.75) is 39.0 Å². The minimum absolute atomic E-state index is 0.115. The number of nitrogens with one attached hydrogen (secondary N) is 1. The van der Waals surface area contributed by atoms with Gasteiger partial charge in [0.1, 0.15) is 12.4 Å². The number of carbonyl (C=O) groups excluding carboxylic acids is 1. The van der Waals surface area contributed by atoms with E-state index < -0.39 is 11.2 Å². The minimum Gasteiger partial charge on any atom is -0.384 e. The van der Waals surface area contributed by atoms with Crippen molar-refractivity contribution in [2.75, 3.05) is 11.9 Å². The van der Waals surface area contributed by atoms with E-state index in [9.17, 15) is 9.18 Å². The highest BCUT2D eigenvalue weighted by Crippen LogP contribution is 2.36. The first-order valence-corrected chi connectivity index (χ1v) is 7.26. The first-order chi connectivity index (χ1) is 10.0. The molecular formula is C17H20FNO2. The van der Waals surface area contributed by atoms with Crippen LogP contribution in [0.2, 0.25) is 0 Å². The maximum Gasteiger partial charge on any atom is 0.230 e. The van der Waals surface area contributed by atoms with Crippen LogP contribution in [0, 0.1) is 23.1 Å². The number of aliphatic hydroxyl groups excluding tert-OH is 1. The van der Waals surface area contributed by atoms with Gasteiger partial charge in [-0.05, 0) is 31.0 Å². The van der Waals surface area contributed by atoms with E-state index in [-0.39, 0.29) is 18.2 Å². The molecular weight excluding hydrogens is 269 g/mol. The van der Waals surface area contributed by atoms with Gasteiger partial charge in [-0.25, -0.2) is 4.39 Å². The zero-order chi connectivity index (χ0) is 15.3. The highest BCUT2D eigenvalue weighted by Gasteiger charge is 2.34. The molecule has 0 aliphatic heterocycles. The van der Waals surface area contributed by atoms with Gasteiger partial charge in [-0.1, -0.05) is 38.0 Å². The summed E-state index contributed by atoms with van der Waals surface area (Å²) in [6.07, 6.45) is 4.95. The van der Waals surface area contributed by atoms with Gasteiger partial charge in [0.2, 0.25) is 5.91 Å². The predicted molar refractivity (Wildman–Crippen MR) is 80.2 cm³/mol. The van der Waals surface area contributed by atoms with Crippen molar-refractivity contribution in [3.8, 4) is 11.8 Å². The second kappa shape index (κ2) is 6.73. The van der Waals surface area contributed by atoms with E-state index in [2.05, 4.69) is 17.2 Å². The van der Waals surface area contributed by atoms with Crippen LogP contribution >= 0.6 is 0 Å². The summed E-state index contributed by atoms with van der Waals surface area (Å²) in [5.41, 5.74) is 0.254. The molecule has 1 saturated carbocycles. The molecule has 0 radical (unpaired) electrons. The van der Waals surface area contributed by atoms with Crippen LogP contribution in [0.1, 0.15) is 44.6 Å². The lowest BCUT2D eigenvalue weighted by Crippen LogP contribution is -2.35. The van der Waals surface area contributed by atoms with Crippen molar-refractivity contribution in [2.24, 2.45) is 5.41 Å². The average molecular weight is 289 g/mol. The van der Waals surface area contributed by atoms with Crippen LogP contribution < -0.4 is 5.32 Å². The van der Waals surface area contributed by atoms with E-state index in [0.29, 0.717) is 5.56 Å². The van der Waals surface area contributed by atoms with Gasteiger partial charge in [0.05, 0.1) is 5.69 Å². The number of hydrogen-bond donors (Lipinski definition) is 2. The maximum absolute atomic E-state index is 14.0. The summed E-state index contributed by atoms with van der Waals surface area (Å²) in [7, 11) is 0. The van der Waals surface area contributed by atoms with Crippen molar-refractivity contribution < 1.29 is 14.3 Å². The second-order valence-corrected chi connectivity index (χ2v) is 5.73. The summed E-state index contributed by atoms with van der Waals surface area (Å²) in [5, 5.41) is 11.3. The molecule has 1 fully saturated rings. The molecule has 0 atom stereocenters. The molecule has 0 unspecified atom stereocenters. The molecule has 1 aromatic rings. The Hall–Kier alpha value is -1.86. The summed E-state index contributed by atoms with van der Waals surface area (Å²) in [5.74, 6) is 4.47. The van der Waals surface area contributed by atoms with Crippen LogP contribution in [0.5, 0.6) is 0 Å². The summed E-state index contributed by atoms with van der Waals surface area (Å²) >= 11 is 0. The first kappa shape index (κ1) is 15.5. The molecule has 112 valence electrons. The normalized spacial score (nSPS) is 16.7. The molecule has 4 heteroatoms. The van der Waals surface area contributed by atoms with Crippen LogP contribution in [-0.2, 0) is 4.79 Å². The number of hydrogen-bond acceptors (Lipinski definition) is 2. The zero-order valence-electron chi connectivity index (χ0n) is 12.2.